The van der Waals surface area contributed by atoms with E-state index < -0.39 is 9.84 Å². The predicted octanol–water partition coefficient (Wildman–Crippen LogP) is 1.79. The van der Waals surface area contributed by atoms with Crippen molar-refractivity contribution in [3.05, 3.63) is 0 Å². The Hall–Kier alpha value is -0.0900. The summed E-state index contributed by atoms with van der Waals surface area (Å²) in [5.41, 5.74) is 0. The first kappa shape index (κ1) is 14.0. The van der Waals surface area contributed by atoms with Crippen molar-refractivity contribution in [2.75, 3.05) is 25.9 Å². The number of likely N-dealkylation sites (tertiary alicyclic amines) is 1. The molecule has 96 valence electrons. The van der Waals surface area contributed by atoms with E-state index >= 15 is 0 Å². The lowest BCUT2D eigenvalue weighted by Crippen LogP contribution is -2.41. The zero-order valence-corrected chi connectivity index (χ0v) is 11.8. The smallest absolute Gasteiger partial charge is 0.150 e. The molecule has 1 atom stereocenters. The minimum absolute atomic E-state index is 0.0990. The summed E-state index contributed by atoms with van der Waals surface area (Å²) in [6, 6.07) is 0. The van der Waals surface area contributed by atoms with Crippen molar-refractivity contribution in [2.24, 2.45) is 11.8 Å². The van der Waals surface area contributed by atoms with Gasteiger partial charge in [0.15, 0.2) is 0 Å². The first-order valence-electron chi connectivity index (χ1n) is 6.22. The Morgan fingerprint density at radius 1 is 1.19 bits per heavy atom. The molecule has 1 aliphatic rings. The van der Waals surface area contributed by atoms with Crippen molar-refractivity contribution in [1.29, 1.82) is 0 Å². The van der Waals surface area contributed by atoms with Gasteiger partial charge in [0.25, 0.3) is 0 Å². The van der Waals surface area contributed by atoms with Crippen molar-refractivity contribution in [3.63, 3.8) is 0 Å². The van der Waals surface area contributed by atoms with Crippen molar-refractivity contribution in [3.8, 4) is 0 Å². The largest absolute Gasteiger partial charge is 0.303 e. The molecule has 4 heteroatoms. The van der Waals surface area contributed by atoms with Crippen LogP contribution in [0, 0.1) is 11.8 Å². The van der Waals surface area contributed by atoms with Crippen LogP contribution in [0.5, 0.6) is 0 Å². The van der Waals surface area contributed by atoms with Crippen molar-refractivity contribution in [2.45, 2.75) is 38.9 Å². The van der Waals surface area contributed by atoms with E-state index in [1.165, 1.54) is 6.26 Å². The number of sulfone groups is 1. The second-order valence-electron chi connectivity index (χ2n) is 5.55. The highest BCUT2D eigenvalue weighted by molar-refractivity contribution is 7.91. The molecule has 1 heterocycles. The van der Waals surface area contributed by atoms with Gasteiger partial charge in [-0.3, -0.25) is 0 Å². The van der Waals surface area contributed by atoms with Crippen molar-refractivity contribution >= 4 is 9.84 Å². The highest BCUT2D eigenvalue weighted by Gasteiger charge is 2.27. The third-order valence-electron chi connectivity index (χ3n) is 3.82. The Kier molecular flexibility index (Phi) is 4.80. The first-order valence-corrected chi connectivity index (χ1v) is 8.17. The Labute approximate surface area is 100 Å². The van der Waals surface area contributed by atoms with Gasteiger partial charge in [0.05, 0.1) is 5.25 Å². The molecule has 1 aliphatic heterocycles. The summed E-state index contributed by atoms with van der Waals surface area (Å²) >= 11 is 0. The normalized spacial score (nSPS) is 22.6. The number of hydrogen-bond donors (Lipinski definition) is 0. The van der Waals surface area contributed by atoms with Gasteiger partial charge in [0.2, 0.25) is 0 Å². The van der Waals surface area contributed by atoms with E-state index in [2.05, 4.69) is 25.7 Å². The Morgan fingerprint density at radius 3 is 2.06 bits per heavy atom. The van der Waals surface area contributed by atoms with E-state index in [0.29, 0.717) is 11.8 Å². The van der Waals surface area contributed by atoms with E-state index in [4.69, 9.17) is 0 Å². The molecule has 1 saturated heterocycles. The topological polar surface area (TPSA) is 37.4 Å². The molecule has 1 unspecified atom stereocenters. The summed E-state index contributed by atoms with van der Waals surface area (Å²) in [5, 5.41) is -0.0990. The molecule has 16 heavy (non-hydrogen) atoms. The van der Waals surface area contributed by atoms with Crippen LogP contribution in [-0.2, 0) is 9.84 Å². The monoisotopic (exact) mass is 247 g/mol. The molecule has 0 N–H and O–H groups in total. The molecule has 0 bridgehead atoms. The number of piperidine rings is 1. The van der Waals surface area contributed by atoms with Crippen LogP contribution in [0.2, 0.25) is 0 Å². The van der Waals surface area contributed by atoms with Crippen LogP contribution >= 0.6 is 0 Å². The van der Waals surface area contributed by atoms with Gasteiger partial charge in [0, 0.05) is 12.8 Å². The average Bonchev–Trinajstić information content (AvgIpc) is 2.17. The van der Waals surface area contributed by atoms with Gasteiger partial charge in [-0.15, -0.1) is 0 Å². The molecule has 0 spiro atoms. The first-order chi connectivity index (χ1) is 7.30. The summed E-state index contributed by atoms with van der Waals surface area (Å²) < 4.78 is 22.8. The van der Waals surface area contributed by atoms with E-state index in [0.717, 1.165) is 32.5 Å². The standard InChI is InChI=1S/C12H25NO2S/c1-10(2)11(3)9-13-7-5-12(6-8-13)16(4,14)15/h10-12H,5-9H2,1-4H3. The van der Waals surface area contributed by atoms with E-state index in [9.17, 15) is 8.42 Å². The molecule has 1 rings (SSSR count). The molecule has 0 aliphatic carbocycles. The lowest BCUT2D eigenvalue weighted by Gasteiger charge is -2.33. The minimum atomic E-state index is -2.82. The summed E-state index contributed by atoms with van der Waals surface area (Å²) in [5.74, 6) is 1.39. The number of nitrogens with zero attached hydrogens (tertiary/aromatic N) is 1. The van der Waals surface area contributed by atoms with Gasteiger partial charge >= 0.3 is 0 Å². The van der Waals surface area contributed by atoms with Gasteiger partial charge < -0.3 is 4.90 Å². The van der Waals surface area contributed by atoms with Crippen LogP contribution in [0.25, 0.3) is 0 Å². The van der Waals surface area contributed by atoms with E-state index in [1.54, 1.807) is 0 Å². The minimum Gasteiger partial charge on any atom is -0.303 e. The van der Waals surface area contributed by atoms with Crippen LogP contribution in [0.1, 0.15) is 33.6 Å². The van der Waals surface area contributed by atoms with E-state index in [1.807, 2.05) is 0 Å². The maximum Gasteiger partial charge on any atom is 0.150 e. The predicted molar refractivity (Wildman–Crippen MR) is 68.3 cm³/mol. The fraction of sp³-hybridized carbons (Fsp3) is 1.00. The molecule has 0 aromatic heterocycles. The van der Waals surface area contributed by atoms with Gasteiger partial charge in [-0.25, -0.2) is 8.42 Å². The number of rotatable bonds is 4. The highest BCUT2D eigenvalue weighted by atomic mass is 32.2. The Morgan fingerprint density at radius 2 is 1.69 bits per heavy atom. The molecule has 0 aromatic carbocycles. The average molecular weight is 247 g/mol. The lowest BCUT2D eigenvalue weighted by atomic mass is 9.96. The maximum atomic E-state index is 11.4. The van der Waals surface area contributed by atoms with E-state index in [-0.39, 0.29) is 5.25 Å². The Bertz CT molecular complexity index is 303. The molecular formula is C12H25NO2S. The fourth-order valence-corrected chi connectivity index (χ4v) is 3.21. The third-order valence-corrected chi connectivity index (χ3v) is 5.51. The lowest BCUT2D eigenvalue weighted by molar-refractivity contribution is 0.182. The molecule has 1 fully saturated rings. The quantitative estimate of drug-likeness (QED) is 0.760. The summed E-state index contributed by atoms with van der Waals surface area (Å²) in [6.45, 7) is 9.74. The van der Waals surface area contributed by atoms with Crippen LogP contribution in [0.4, 0.5) is 0 Å². The molecule has 0 amide bonds. The van der Waals surface area contributed by atoms with Crippen LogP contribution in [0.3, 0.4) is 0 Å². The zero-order chi connectivity index (χ0) is 12.3. The summed E-state index contributed by atoms with van der Waals surface area (Å²) in [4.78, 5) is 2.41. The summed E-state index contributed by atoms with van der Waals surface area (Å²) in [7, 11) is -2.82. The second-order valence-corrected chi connectivity index (χ2v) is 7.88. The fourth-order valence-electron chi connectivity index (χ4n) is 2.14. The van der Waals surface area contributed by atoms with Crippen molar-refractivity contribution in [1.82, 2.24) is 4.90 Å². The van der Waals surface area contributed by atoms with Crippen molar-refractivity contribution < 1.29 is 8.42 Å². The SMILES string of the molecule is CC(C)C(C)CN1CCC(S(C)(=O)=O)CC1. The molecule has 3 nitrogen and oxygen atoms in total. The van der Waals surface area contributed by atoms with Gasteiger partial charge in [-0.05, 0) is 37.8 Å². The second kappa shape index (κ2) is 5.50. The van der Waals surface area contributed by atoms with Crippen LogP contribution in [-0.4, -0.2) is 44.5 Å². The van der Waals surface area contributed by atoms with Gasteiger partial charge in [0.1, 0.15) is 9.84 Å². The van der Waals surface area contributed by atoms with Gasteiger partial charge in [-0.1, -0.05) is 20.8 Å². The molecule has 0 radical (unpaired) electrons. The molecular weight excluding hydrogens is 222 g/mol. The highest BCUT2D eigenvalue weighted by Crippen LogP contribution is 2.19. The Balaban J connectivity index is 2.38. The zero-order valence-electron chi connectivity index (χ0n) is 10.9. The molecule has 0 aromatic rings. The van der Waals surface area contributed by atoms with Crippen LogP contribution in [0.15, 0.2) is 0 Å². The number of hydrogen-bond acceptors (Lipinski definition) is 3. The maximum absolute atomic E-state index is 11.4. The van der Waals surface area contributed by atoms with Gasteiger partial charge in [-0.2, -0.15) is 0 Å². The van der Waals surface area contributed by atoms with Crippen LogP contribution < -0.4 is 0 Å². The third kappa shape index (κ3) is 4.06. The molecule has 0 saturated carbocycles. The summed E-state index contributed by atoms with van der Waals surface area (Å²) in [6.07, 6.45) is 2.98.